The second-order valence-electron chi connectivity index (χ2n) is 6.77. The maximum Gasteiger partial charge on any atom is 0.128 e. The fraction of sp³-hybridized carbons (Fsp3) is 0.450. The number of benzene rings is 1. The zero-order valence-corrected chi connectivity index (χ0v) is 14.8. The lowest BCUT2D eigenvalue weighted by Crippen LogP contribution is -2.49. The first-order valence-corrected chi connectivity index (χ1v) is 8.76. The van der Waals surface area contributed by atoms with Crippen LogP contribution in [-0.2, 0) is 0 Å². The van der Waals surface area contributed by atoms with Crippen molar-refractivity contribution in [1.82, 2.24) is 9.88 Å². The predicted octanol–water partition coefficient (Wildman–Crippen LogP) is 3.00. The molecule has 0 aliphatic carbocycles. The van der Waals surface area contributed by atoms with E-state index in [0.717, 1.165) is 48.8 Å². The molecule has 128 valence electrons. The first kappa shape index (κ1) is 16.9. The van der Waals surface area contributed by atoms with E-state index in [1.165, 1.54) is 0 Å². The largest absolute Gasteiger partial charge is 0.384 e. The molecular formula is C20H27N3O. The number of nitrogens with zero attached hydrogens (tertiary/aromatic N) is 3. The molecular weight excluding hydrogens is 298 g/mol. The monoisotopic (exact) mass is 325 g/mol. The maximum atomic E-state index is 10.6. The van der Waals surface area contributed by atoms with E-state index >= 15 is 0 Å². The Labute approximate surface area is 144 Å². The molecule has 0 radical (unpaired) electrons. The molecule has 1 aromatic carbocycles. The molecule has 2 heterocycles. The maximum absolute atomic E-state index is 10.6. The average molecular weight is 325 g/mol. The van der Waals surface area contributed by atoms with E-state index in [1.54, 1.807) is 0 Å². The zero-order chi connectivity index (χ0) is 17.1. The fourth-order valence-corrected chi connectivity index (χ4v) is 3.31. The van der Waals surface area contributed by atoms with Gasteiger partial charge in [0.15, 0.2) is 0 Å². The Morgan fingerprint density at radius 3 is 2.21 bits per heavy atom. The molecule has 0 saturated carbocycles. The SMILES string of the molecule is Cc1nc(N2CCN(C(C)C)CC2)ccc1[C@H](O)c1ccccc1. The molecule has 1 atom stereocenters. The van der Waals surface area contributed by atoms with Gasteiger partial charge in [0, 0.05) is 43.5 Å². The Hall–Kier alpha value is -1.91. The quantitative estimate of drug-likeness (QED) is 0.938. The molecule has 4 heteroatoms. The lowest BCUT2D eigenvalue weighted by molar-refractivity contribution is 0.208. The van der Waals surface area contributed by atoms with Crippen LogP contribution in [-0.4, -0.2) is 47.2 Å². The molecule has 1 saturated heterocycles. The highest BCUT2D eigenvalue weighted by Crippen LogP contribution is 2.26. The lowest BCUT2D eigenvalue weighted by Gasteiger charge is -2.37. The van der Waals surface area contributed by atoms with Gasteiger partial charge in [-0.05, 0) is 32.4 Å². The summed E-state index contributed by atoms with van der Waals surface area (Å²) in [6, 6.07) is 14.4. The number of aromatic nitrogens is 1. The number of hydrogen-bond donors (Lipinski definition) is 1. The van der Waals surface area contributed by atoms with Gasteiger partial charge in [-0.3, -0.25) is 4.90 Å². The van der Waals surface area contributed by atoms with Crippen LogP contribution in [0.25, 0.3) is 0 Å². The van der Waals surface area contributed by atoms with Crippen LogP contribution < -0.4 is 4.90 Å². The number of aliphatic hydroxyl groups is 1. The van der Waals surface area contributed by atoms with Crippen molar-refractivity contribution in [2.24, 2.45) is 0 Å². The Balaban J connectivity index is 1.74. The Morgan fingerprint density at radius 1 is 0.958 bits per heavy atom. The number of hydrogen-bond acceptors (Lipinski definition) is 4. The standard InChI is InChI=1S/C20H27N3O/c1-15(2)22-11-13-23(14-12-22)19-10-9-18(16(3)21-19)20(24)17-7-5-4-6-8-17/h4-10,15,20,24H,11-14H2,1-3H3/t20-/m1/s1. The summed E-state index contributed by atoms with van der Waals surface area (Å²) in [7, 11) is 0. The van der Waals surface area contributed by atoms with Crippen LogP contribution in [0.3, 0.4) is 0 Å². The van der Waals surface area contributed by atoms with E-state index in [4.69, 9.17) is 4.98 Å². The third-order valence-electron chi connectivity index (χ3n) is 4.89. The van der Waals surface area contributed by atoms with E-state index in [1.807, 2.05) is 49.4 Å². The van der Waals surface area contributed by atoms with Crippen molar-refractivity contribution >= 4 is 5.82 Å². The Morgan fingerprint density at radius 2 is 1.62 bits per heavy atom. The van der Waals surface area contributed by atoms with Crippen molar-refractivity contribution in [3.63, 3.8) is 0 Å². The minimum absolute atomic E-state index is 0.602. The number of rotatable bonds is 4. The second kappa shape index (κ2) is 7.32. The van der Waals surface area contributed by atoms with Gasteiger partial charge in [-0.1, -0.05) is 36.4 Å². The number of anilines is 1. The van der Waals surface area contributed by atoms with Crippen LogP contribution in [0.15, 0.2) is 42.5 Å². The normalized spacial score (nSPS) is 17.3. The van der Waals surface area contributed by atoms with Crippen molar-refractivity contribution in [2.75, 3.05) is 31.1 Å². The van der Waals surface area contributed by atoms with Crippen LogP contribution in [0.5, 0.6) is 0 Å². The van der Waals surface area contributed by atoms with Gasteiger partial charge in [-0.15, -0.1) is 0 Å². The van der Waals surface area contributed by atoms with Crippen molar-refractivity contribution < 1.29 is 5.11 Å². The van der Waals surface area contributed by atoms with Gasteiger partial charge in [-0.2, -0.15) is 0 Å². The fourth-order valence-electron chi connectivity index (χ4n) is 3.31. The lowest BCUT2D eigenvalue weighted by atomic mass is 10.0. The van der Waals surface area contributed by atoms with E-state index in [0.29, 0.717) is 6.04 Å². The van der Waals surface area contributed by atoms with Gasteiger partial charge in [-0.25, -0.2) is 4.98 Å². The minimum Gasteiger partial charge on any atom is -0.384 e. The van der Waals surface area contributed by atoms with Gasteiger partial charge in [0.25, 0.3) is 0 Å². The summed E-state index contributed by atoms with van der Waals surface area (Å²) in [6.07, 6.45) is -0.620. The molecule has 0 unspecified atom stereocenters. The highest BCUT2D eigenvalue weighted by molar-refractivity contribution is 5.44. The highest BCUT2D eigenvalue weighted by atomic mass is 16.3. The van der Waals surface area contributed by atoms with E-state index in [2.05, 4.69) is 23.6 Å². The summed E-state index contributed by atoms with van der Waals surface area (Å²) in [5, 5.41) is 10.6. The van der Waals surface area contributed by atoms with Crippen LogP contribution in [0.2, 0.25) is 0 Å². The molecule has 1 aromatic heterocycles. The van der Waals surface area contributed by atoms with Crippen molar-refractivity contribution in [3.8, 4) is 0 Å². The van der Waals surface area contributed by atoms with Crippen LogP contribution in [0.1, 0.15) is 36.8 Å². The molecule has 1 N–H and O–H groups in total. The zero-order valence-electron chi connectivity index (χ0n) is 14.8. The van der Waals surface area contributed by atoms with Gasteiger partial charge in [0.05, 0.1) is 0 Å². The van der Waals surface area contributed by atoms with E-state index in [9.17, 15) is 5.11 Å². The van der Waals surface area contributed by atoms with Crippen LogP contribution in [0.4, 0.5) is 5.82 Å². The first-order valence-electron chi connectivity index (χ1n) is 8.76. The van der Waals surface area contributed by atoms with E-state index < -0.39 is 6.10 Å². The summed E-state index contributed by atoms with van der Waals surface area (Å²) < 4.78 is 0. The van der Waals surface area contributed by atoms with Crippen molar-refractivity contribution in [2.45, 2.75) is 32.9 Å². The number of pyridine rings is 1. The Bertz CT molecular complexity index is 664. The number of aryl methyl sites for hydroxylation is 1. The van der Waals surface area contributed by atoms with Crippen LogP contribution in [0, 0.1) is 6.92 Å². The topological polar surface area (TPSA) is 39.6 Å². The molecule has 1 aliphatic rings. The molecule has 2 aromatic rings. The third kappa shape index (κ3) is 3.60. The summed E-state index contributed by atoms with van der Waals surface area (Å²) in [6.45, 7) is 10.6. The smallest absolute Gasteiger partial charge is 0.128 e. The second-order valence-corrected chi connectivity index (χ2v) is 6.77. The predicted molar refractivity (Wildman–Crippen MR) is 98.4 cm³/mol. The first-order chi connectivity index (χ1) is 11.6. The number of aliphatic hydroxyl groups excluding tert-OH is 1. The molecule has 24 heavy (non-hydrogen) atoms. The molecule has 1 fully saturated rings. The van der Waals surface area contributed by atoms with Crippen molar-refractivity contribution in [1.29, 1.82) is 0 Å². The number of piperazine rings is 1. The Kier molecular flexibility index (Phi) is 5.17. The van der Waals surface area contributed by atoms with Crippen molar-refractivity contribution in [3.05, 3.63) is 59.3 Å². The molecule has 0 bridgehead atoms. The summed E-state index contributed by atoms with van der Waals surface area (Å²) in [5.74, 6) is 1.01. The van der Waals surface area contributed by atoms with Crippen LogP contribution >= 0.6 is 0 Å². The molecule has 0 spiro atoms. The van der Waals surface area contributed by atoms with Gasteiger partial charge in [0.1, 0.15) is 11.9 Å². The minimum atomic E-state index is -0.620. The average Bonchev–Trinajstić information content (AvgIpc) is 2.62. The van der Waals surface area contributed by atoms with Gasteiger partial charge >= 0.3 is 0 Å². The van der Waals surface area contributed by atoms with Gasteiger partial charge < -0.3 is 10.0 Å². The summed E-state index contributed by atoms with van der Waals surface area (Å²) in [4.78, 5) is 9.60. The van der Waals surface area contributed by atoms with Gasteiger partial charge in [0.2, 0.25) is 0 Å². The summed E-state index contributed by atoms with van der Waals surface area (Å²) in [5.41, 5.74) is 2.68. The highest BCUT2D eigenvalue weighted by Gasteiger charge is 2.21. The molecule has 4 nitrogen and oxygen atoms in total. The summed E-state index contributed by atoms with van der Waals surface area (Å²) >= 11 is 0. The molecule has 0 amide bonds. The van der Waals surface area contributed by atoms with E-state index in [-0.39, 0.29) is 0 Å². The molecule has 1 aliphatic heterocycles. The third-order valence-corrected chi connectivity index (χ3v) is 4.89. The molecule has 3 rings (SSSR count).